The van der Waals surface area contributed by atoms with E-state index < -0.39 is 11.4 Å². The van der Waals surface area contributed by atoms with Gasteiger partial charge in [0.1, 0.15) is 0 Å². The van der Waals surface area contributed by atoms with Crippen molar-refractivity contribution in [2.75, 3.05) is 26.8 Å². The van der Waals surface area contributed by atoms with Crippen LogP contribution in [0.2, 0.25) is 0 Å². The lowest BCUT2D eigenvalue weighted by molar-refractivity contribution is -0.150. The molecule has 0 spiro atoms. The highest BCUT2D eigenvalue weighted by Crippen LogP contribution is 2.39. The van der Waals surface area contributed by atoms with Crippen LogP contribution in [0.25, 0.3) is 0 Å². The third kappa shape index (κ3) is 2.23. The molecule has 0 aromatic carbocycles. The Kier molecular flexibility index (Phi) is 3.50. The molecule has 16 heavy (non-hydrogen) atoms. The summed E-state index contributed by atoms with van der Waals surface area (Å²) in [7, 11) is 2.03. The first-order valence-corrected chi connectivity index (χ1v) is 6.15. The van der Waals surface area contributed by atoms with Gasteiger partial charge < -0.3 is 9.84 Å². The first-order chi connectivity index (χ1) is 7.64. The number of nitrogens with zero attached hydrogens (tertiary/aromatic N) is 1. The molecule has 1 heterocycles. The Balaban J connectivity index is 1.97. The summed E-state index contributed by atoms with van der Waals surface area (Å²) in [6.45, 7) is 2.25. The van der Waals surface area contributed by atoms with Crippen molar-refractivity contribution >= 4 is 5.97 Å². The molecular formula is C12H21NO3. The summed E-state index contributed by atoms with van der Waals surface area (Å²) in [5.41, 5.74) is -0.489. The summed E-state index contributed by atoms with van der Waals surface area (Å²) in [6.07, 6.45) is 4.81. The molecule has 0 aromatic rings. The number of carboxylic acid groups (broad SMARTS) is 1. The number of carboxylic acids is 1. The molecule has 1 unspecified atom stereocenters. The number of hydrogen-bond donors (Lipinski definition) is 1. The van der Waals surface area contributed by atoms with Gasteiger partial charge in [-0.1, -0.05) is 12.8 Å². The standard InChI is InChI=1S/C12H21NO3/c1-13(10-4-7-16-8-10)9-12(11(14)15)5-2-3-6-12/h10H,2-9H2,1H3,(H,14,15). The van der Waals surface area contributed by atoms with E-state index >= 15 is 0 Å². The van der Waals surface area contributed by atoms with Gasteiger partial charge in [-0.3, -0.25) is 9.69 Å². The van der Waals surface area contributed by atoms with Gasteiger partial charge in [-0.05, 0) is 26.3 Å². The van der Waals surface area contributed by atoms with Gasteiger partial charge in [0, 0.05) is 19.2 Å². The molecule has 4 heteroatoms. The smallest absolute Gasteiger partial charge is 0.310 e. The predicted octanol–water partition coefficient (Wildman–Crippen LogP) is 1.35. The lowest BCUT2D eigenvalue weighted by Crippen LogP contribution is -2.44. The first-order valence-electron chi connectivity index (χ1n) is 6.15. The van der Waals surface area contributed by atoms with E-state index in [0.29, 0.717) is 12.6 Å². The Labute approximate surface area is 96.6 Å². The minimum absolute atomic E-state index is 0.414. The summed E-state index contributed by atoms with van der Waals surface area (Å²) in [4.78, 5) is 13.6. The minimum Gasteiger partial charge on any atom is -0.481 e. The molecule has 4 nitrogen and oxygen atoms in total. The Hall–Kier alpha value is -0.610. The normalized spacial score (nSPS) is 28.8. The lowest BCUT2D eigenvalue weighted by Gasteiger charge is -2.32. The third-order valence-electron chi connectivity index (χ3n) is 4.10. The molecular weight excluding hydrogens is 206 g/mol. The highest BCUT2D eigenvalue weighted by Gasteiger charge is 2.43. The summed E-state index contributed by atoms with van der Waals surface area (Å²) in [5.74, 6) is -0.615. The van der Waals surface area contributed by atoms with Gasteiger partial charge in [-0.2, -0.15) is 0 Å². The van der Waals surface area contributed by atoms with E-state index in [1.807, 2.05) is 7.05 Å². The monoisotopic (exact) mass is 227 g/mol. The molecule has 1 aliphatic carbocycles. The van der Waals surface area contributed by atoms with Crippen LogP contribution in [0.4, 0.5) is 0 Å². The van der Waals surface area contributed by atoms with Crippen LogP contribution in [0.5, 0.6) is 0 Å². The van der Waals surface area contributed by atoms with E-state index in [4.69, 9.17) is 4.74 Å². The molecule has 0 amide bonds. The van der Waals surface area contributed by atoms with Crippen LogP contribution < -0.4 is 0 Å². The number of rotatable bonds is 4. The Bertz CT molecular complexity index is 255. The topological polar surface area (TPSA) is 49.8 Å². The quantitative estimate of drug-likeness (QED) is 0.787. The summed E-state index contributed by atoms with van der Waals surface area (Å²) in [5, 5.41) is 9.40. The van der Waals surface area contributed by atoms with Crippen LogP contribution in [0.15, 0.2) is 0 Å². The Morgan fingerprint density at radius 3 is 2.69 bits per heavy atom. The fourth-order valence-electron chi connectivity index (χ4n) is 2.97. The van der Waals surface area contributed by atoms with E-state index in [1.165, 1.54) is 0 Å². The largest absolute Gasteiger partial charge is 0.481 e. The van der Waals surface area contributed by atoms with Crippen molar-refractivity contribution < 1.29 is 14.6 Å². The van der Waals surface area contributed by atoms with E-state index in [1.54, 1.807) is 0 Å². The van der Waals surface area contributed by atoms with Gasteiger partial charge in [-0.25, -0.2) is 0 Å². The van der Waals surface area contributed by atoms with Crippen LogP contribution in [-0.4, -0.2) is 48.8 Å². The van der Waals surface area contributed by atoms with Gasteiger partial charge >= 0.3 is 5.97 Å². The number of hydrogen-bond acceptors (Lipinski definition) is 3. The van der Waals surface area contributed by atoms with Crippen molar-refractivity contribution in [1.82, 2.24) is 4.90 Å². The lowest BCUT2D eigenvalue weighted by atomic mass is 9.85. The molecule has 0 bridgehead atoms. The van der Waals surface area contributed by atoms with Crippen LogP contribution in [0.3, 0.4) is 0 Å². The molecule has 2 rings (SSSR count). The average Bonchev–Trinajstić information content (AvgIpc) is 2.88. The van der Waals surface area contributed by atoms with Crippen molar-refractivity contribution in [2.24, 2.45) is 5.41 Å². The molecule has 1 saturated carbocycles. The average molecular weight is 227 g/mol. The van der Waals surface area contributed by atoms with Gasteiger partial charge in [0.05, 0.1) is 12.0 Å². The Morgan fingerprint density at radius 1 is 1.50 bits per heavy atom. The van der Waals surface area contributed by atoms with E-state index in [-0.39, 0.29) is 0 Å². The van der Waals surface area contributed by atoms with Crippen molar-refractivity contribution in [3.63, 3.8) is 0 Å². The van der Waals surface area contributed by atoms with Crippen molar-refractivity contribution in [3.8, 4) is 0 Å². The summed E-state index contributed by atoms with van der Waals surface area (Å²) >= 11 is 0. The van der Waals surface area contributed by atoms with Crippen LogP contribution >= 0.6 is 0 Å². The van der Waals surface area contributed by atoms with Gasteiger partial charge in [0.25, 0.3) is 0 Å². The van der Waals surface area contributed by atoms with Crippen molar-refractivity contribution in [1.29, 1.82) is 0 Å². The maximum Gasteiger partial charge on any atom is 0.310 e. The van der Waals surface area contributed by atoms with E-state index in [9.17, 15) is 9.90 Å². The van der Waals surface area contributed by atoms with Gasteiger partial charge in [-0.15, -0.1) is 0 Å². The molecule has 1 atom stereocenters. The zero-order valence-electron chi connectivity index (χ0n) is 9.95. The number of aliphatic carboxylic acids is 1. The van der Waals surface area contributed by atoms with E-state index in [0.717, 1.165) is 45.3 Å². The van der Waals surface area contributed by atoms with Crippen molar-refractivity contribution in [2.45, 2.75) is 38.1 Å². The molecule has 1 aliphatic heterocycles. The molecule has 2 aliphatic rings. The number of carbonyl (C=O) groups is 1. The number of ether oxygens (including phenoxy) is 1. The second kappa shape index (κ2) is 4.72. The Morgan fingerprint density at radius 2 is 2.19 bits per heavy atom. The van der Waals surface area contributed by atoms with Gasteiger partial charge in [0.2, 0.25) is 0 Å². The highest BCUT2D eigenvalue weighted by atomic mass is 16.5. The maximum absolute atomic E-state index is 11.4. The fourth-order valence-corrected chi connectivity index (χ4v) is 2.97. The number of likely N-dealkylation sites (N-methyl/N-ethyl adjacent to an activating group) is 1. The molecule has 0 aromatic heterocycles. The molecule has 2 fully saturated rings. The van der Waals surface area contributed by atoms with Gasteiger partial charge in [0.15, 0.2) is 0 Å². The summed E-state index contributed by atoms with van der Waals surface area (Å²) in [6, 6.07) is 0.414. The predicted molar refractivity (Wildman–Crippen MR) is 60.4 cm³/mol. The second-order valence-corrected chi connectivity index (χ2v) is 5.23. The first kappa shape index (κ1) is 11.9. The molecule has 1 N–H and O–H groups in total. The molecule has 0 radical (unpaired) electrons. The fraction of sp³-hybridized carbons (Fsp3) is 0.917. The maximum atomic E-state index is 11.4. The molecule has 1 saturated heterocycles. The molecule has 92 valence electrons. The summed E-state index contributed by atoms with van der Waals surface area (Å²) < 4.78 is 5.35. The second-order valence-electron chi connectivity index (χ2n) is 5.23. The third-order valence-corrected chi connectivity index (χ3v) is 4.10. The van der Waals surface area contributed by atoms with Crippen LogP contribution in [0.1, 0.15) is 32.1 Å². The van der Waals surface area contributed by atoms with E-state index in [2.05, 4.69) is 4.90 Å². The zero-order chi connectivity index (χ0) is 11.6. The highest BCUT2D eigenvalue weighted by molar-refractivity contribution is 5.75. The zero-order valence-corrected chi connectivity index (χ0v) is 9.95. The SMILES string of the molecule is CN(CC1(C(=O)O)CCCC1)C1CCOC1. The minimum atomic E-state index is -0.615. The van der Waals surface area contributed by atoms with Crippen molar-refractivity contribution in [3.05, 3.63) is 0 Å². The van der Waals surface area contributed by atoms with Crippen LogP contribution in [-0.2, 0) is 9.53 Å². The van der Waals surface area contributed by atoms with Crippen LogP contribution in [0, 0.1) is 5.41 Å².